The Morgan fingerprint density at radius 3 is 1.70 bits per heavy atom. The molecule has 0 atom stereocenters. The zero-order valence-corrected chi connectivity index (χ0v) is 12.1. The lowest BCUT2D eigenvalue weighted by Gasteiger charge is -2.34. The molecule has 0 heterocycles. The fourth-order valence-electron chi connectivity index (χ4n) is 3.27. The van der Waals surface area contributed by atoms with Gasteiger partial charge in [0, 0.05) is 5.41 Å². The van der Waals surface area contributed by atoms with Crippen molar-refractivity contribution in [3.8, 4) is 0 Å². The third-order valence-corrected chi connectivity index (χ3v) is 4.47. The summed E-state index contributed by atoms with van der Waals surface area (Å²) in [6.07, 6.45) is 5.57. The van der Waals surface area contributed by atoms with Crippen LogP contribution in [0.5, 0.6) is 0 Å². The Morgan fingerprint density at radius 1 is 0.800 bits per heavy atom. The molecule has 0 aliphatic heterocycles. The predicted octanol–water partition coefficient (Wildman–Crippen LogP) is 5.27. The molecule has 0 heteroatoms. The van der Waals surface area contributed by atoms with E-state index in [0.29, 0.717) is 0 Å². The standard InChI is InChI=1S/C20H20/c1-16-10-9-15-19(16)20(2,17-11-5-3-6-12-17)18-13-7-4-8-14-18/h3-14H,15H2,1-2H3. The largest absolute Gasteiger partial charge is 0.0801 e. The van der Waals surface area contributed by atoms with Crippen LogP contribution in [-0.2, 0) is 5.41 Å². The van der Waals surface area contributed by atoms with E-state index >= 15 is 0 Å². The Labute approximate surface area is 121 Å². The number of benzene rings is 2. The summed E-state index contributed by atoms with van der Waals surface area (Å²) in [4.78, 5) is 0. The van der Waals surface area contributed by atoms with Gasteiger partial charge in [0.05, 0.1) is 0 Å². The van der Waals surface area contributed by atoms with Gasteiger partial charge in [-0.3, -0.25) is 0 Å². The Kier molecular flexibility index (Phi) is 3.31. The Hall–Kier alpha value is -2.08. The molecule has 0 aromatic heterocycles. The third-order valence-electron chi connectivity index (χ3n) is 4.47. The fraction of sp³-hybridized carbons (Fsp3) is 0.200. The van der Waals surface area contributed by atoms with Gasteiger partial charge in [0.1, 0.15) is 0 Å². The molecule has 0 nitrogen and oxygen atoms in total. The van der Waals surface area contributed by atoms with E-state index in [-0.39, 0.29) is 5.41 Å². The number of hydrogen-bond acceptors (Lipinski definition) is 0. The molecule has 0 saturated heterocycles. The van der Waals surface area contributed by atoms with Gasteiger partial charge < -0.3 is 0 Å². The summed E-state index contributed by atoms with van der Waals surface area (Å²) in [5, 5.41) is 0. The van der Waals surface area contributed by atoms with Crippen molar-refractivity contribution in [3.63, 3.8) is 0 Å². The highest BCUT2D eigenvalue weighted by atomic mass is 14.4. The number of rotatable bonds is 3. The summed E-state index contributed by atoms with van der Waals surface area (Å²) in [6, 6.07) is 21.7. The second-order valence-electron chi connectivity index (χ2n) is 5.63. The second-order valence-corrected chi connectivity index (χ2v) is 5.63. The summed E-state index contributed by atoms with van der Waals surface area (Å²) in [5.74, 6) is 0. The van der Waals surface area contributed by atoms with Crippen molar-refractivity contribution in [1.29, 1.82) is 0 Å². The molecule has 0 bridgehead atoms. The smallest absolute Gasteiger partial charge is 0.0391 e. The van der Waals surface area contributed by atoms with Crippen molar-refractivity contribution in [2.24, 2.45) is 0 Å². The van der Waals surface area contributed by atoms with E-state index in [2.05, 4.69) is 86.7 Å². The molecule has 3 rings (SSSR count). The van der Waals surface area contributed by atoms with Gasteiger partial charge in [-0.05, 0) is 37.0 Å². The van der Waals surface area contributed by atoms with Crippen LogP contribution in [0.2, 0.25) is 0 Å². The normalized spacial score (nSPS) is 14.9. The van der Waals surface area contributed by atoms with Gasteiger partial charge in [0.15, 0.2) is 0 Å². The minimum atomic E-state index is -0.0455. The van der Waals surface area contributed by atoms with E-state index in [0.717, 1.165) is 6.42 Å². The highest BCUT2D eigenvalue weighted by Crippen LogP contribution is 2.43. The lowest BCUT2D eigenvalue weighted by atomic mass is 9.69. The minimum Gasteiger partial charge on any atom is -0.0801 e. The molecule has 20 heavy (non-hydrogen) atoms. The maximum absolute atomic E-state index is 2.35. The molecule has 0 radical (unpaired) electrons. The first kappa shape index (κ1) is 12.9. The molecule has 1 aliphatic rings. The Balaban J connectivity index is 2.22. The summed E-state index contributed by atoms with van der Waals surface area (Å²) in [7, 11) is 0. The van der Waals surface area contributed by atoms with Crippen LogP contribution in [0, 0.1) is 0 Å². The minimum absolute atomic E-state index is 0.0455. The van der Waals surface area contributed by atoms with E-state index in [1.54, 1.807) is 0 Å². The summed E-state index contributed by atoms with van der Waals surface area (Å²) >= 11 is 0. The van der Waals surface area contributed by atoms with Crippen LogP contribution in [0.1, 0.15) is 31.4 Å². The average molecular weight is 260 g/mol. The van der Waals surface area contributed by atoms with Gasteiger partial charge in [0.2, 0.25) is 0 Å². The zero-order chi connectivity index (χ0) is 14.0. The third kappa shape index (κ3) is 2.02. The Bertz CT molecular complexity index is 605. The van der Waals surface area contributed by atoms with E-state index in [1.165, 1.54) is 22.3 Å². The van der Waals surface area contributed by atoms with Crippen molar-refractivity contribution in [2.75, 3.05) is 0 Å². The zero-order valence-electron chi connectivity index (χ0n) is 12.1. The molecule has 0 saturated carbocycles. The van der Waals surface area contributed by atoms with Gasteiger partial charge in [-0.15, -0.1) is 0 Å². The molecule has 0 amide bonds. The molecule has 2 aromatic carbocycles. The maximum atomic E-state index is 2.35. The lowest BCUT2D eigenvalue weighted by Crippen LogP contribution is -2.26. The van der Waals surface area contributed by atoms with Crippen LogP contribution in [0.25, 0.3) is 0 Å². The molecule has 1 aliphatic carbocycles. The van der Waals surface area contributed by atoms with Gasteiger partial charge in [-0.2, -0.15) is 0 Å². The predicted molar refractivity (Wildman–Crippen MR) is 85.8 cm³/mol. The van der Waals surface area contributed by atoms with E-state index < -0.39 is 0 Å². The summed E-state index contributed by atoms with van der Waals surface area (Å²) in [6.45, 7) is 4.58. The average Bonchev–Trinajstić information content (AvgIpc) is 2.95. The SMILES string of the molecule is CC1=C(C(C)(c2ccccc2)c2ccccc2)CC=C1. The summed E-state index contributed by atoms with van der Waals surface area (Å²) in [5.41, 5.74) is 5.60. The number of hydrogen-bond donors (Lipinski definition) is 0. The summed E-state index contributed by atoms with van der Waals surface area (Å²) < 4.78 is 0. The lowest BCUT2D eigenvalue weighted by molar-refractivity contribution is 0.656. The van der Waals surface area contributed by atoms with E-state index in [4.69, 9.17) is 0 Å². The van der Waals surface area contributed by atoms with E-state index in [1.807, 2.05) is 0 Å². The van der Waals surface area contributed by atoms with Crippen LogP contribution in [-0.4, -0.2) is 0 Å². The quantitative estimate of drug-likeness (QED) is 0.705. The Morgan fingerprint density at radius 2 is 1.30 bits per heavy atom. The van der Waals surface area contributed by atoms with Crippen molar-refractivity contribution in [3.05, 3.63) is 95.1 Å². The van der Waals surface area contributed by atoms with Crippen molar-refractivity contribution in [1.82, 2.24) is 0 Å². The topological polar surface area (TPSA) is 0 Å². The van der Waals surface area contributed by atoms with Crippen LogP contribution in [0.3, 0.4) is 0 Å². The first-order valence-corrected chi connectivity index (χ1v) is 7.21. The molecular formula is C20H20. The highest BCUT2D eigenvalue weighted by molar-refractivity contribution is 5.53. The second kappa shape index (κ2) is 5.13. The van der Waals surface area contributed by atoms with Crippen molar-refractivity contribution >= 4 is 0 Å². The van der Waals surface area contributed by atoms with Gasteiger partial charge in [-0.25, -0.2) is 0 Å². The van der Waals surface area contributed by atoms with Crippen LogP contribution >= 0.6 is 0 Å². The van der Waals surface area contributed by atoms with Gasteiger partial charge in [-0.1, -0.05) is 78.4 Å². The van der Waals surface area contributed by atoms with Gasteiger partial charge >= 0.3 is 0 Å². The highest BCUT2D eigenvalue weighted by Gasteiger charge is 2.34. The molecule has 0 spiro atoms. The van der Waals surface area contributed by atoms with Gasteiger partial charge in [0.25, 0.3) is 0 Å². The van der Waals surface area contributed by atoms with Crippen LogP contribution in [0.15, 0.2) is 84.0 Å². The first-order valence-electron chi connectivity index (χ1n) is 7.21. The molecule has 2 aromatic rings. The first-order chi connectivity index (χ1) is 9.73. The maximum Gasteiger partial charge on any atom is 0.0391 e. The van der Waals surface area contributed by atoms with E-state index in [9.17, 15) is 0 Å². The molecular weight excluding hydrogens is 240 g/mol. The van der Waals surface area contributed by atoms with Crippen molar-refractivity contribution in [2.45, 2.75) is 25.7 Å². The van der Waals surface area contributed by atoms with Crippen molar-refractivity contribution < 1.29 is 0 Å². The number of allylic oxidation sites excluding steroid dienone is 4. The molecule has 0 unspecified atom stereocenters. The molecule has 0 N–H and O–H groups in total. The van der Waals surface area contributed by atoms with Crippen LogP contribution < -0.4 is 0 Å². The van der Waals surface area contributed by atoms with Crippen LogP contribution in [0.4, 0.5) is 0 Å². The monoisotopic (exact) mass is 260 g/mol. The molecule has 0 fully saturated rings. The fourth-order valence-corrected chi connectivity index (χ4v) is 3.27. The molecule has 100 valence electrons.